The van der Waals surface area contributed by atoms with Crippen LogP contribution in [0.3, 0.4) is 0 Å². The quantitative estimate of drug-likeness (QED) is 0.688. The van der Waals surface area contributed by atoms with E-state index in [1.807, 2.05) is 14.0 Å². The Kier molecular flexibility index (Phi) is 6.44. The summed E-state index contributed by atoms with van der Waals surface area (Å²) in [5.74, 6) is 0.576. The van der Waals surface area contributed by atoms with E-state index in [4.69, 9.17) is 0 Å². The molecule has 1 rings (SSSR count). The molecule has 3 atom stereocenters. The lowest BCUT2D eigenvalue weighted by Gasteiger charge is -2.37. The molecular formula is C14H30N2O3S. The molecule has 0 amide bonds. The lowest BCUT2D eigenvalue weighted by Crippen LogP contribution is -2.51. The summed E-state index contributed by atoms with van der Waals surface area (Å²) >= 11 is 0. The zero-order valence-electron chi connectivity index (χ0n) is 13.2. The summed E-state index contributed by atoms with van der Waals surface area (Å²) in [6, 6.07) is 0.346. The number of hydrogen-bond acceptors (Lipinski definition) is 5. The molecule has 0 radical (unpaired) electrons. The van der Waals surface area contributed by atoms with Gasteiger partial charge in [-0.05, 0) is 46.7 Å². The van der Waals surface area contributed by atoms with Gasteiger partial charge in [0.25, 0.3) is 0 Å². The maximum Gasteiger partial charge on any atom is 0.151 e. The molecule has 1 aliphatic heterocycles. The molecule has 1 saturated heterocycles. The first-order valence-electron chi connectivity index (χ1n) is 7.51. The molecule has 0 aliphatic carbocycles. The fourth-order valence-corrected chi connectivity index (χ4v) is 4.66. The molecule has 2 N–H and O–H groups in total. The topological polar surface area (TPSA) is 69.6 Å². The van der Waals surface area contributed by atoms with Gasteiger partial charge >= 0.3 is 0 Å². The van der Waals surface area contributed by atoms with Gasteiger partial charge in [0.1, 0.15) is 0 Å². The second-order valence-corrected chi connectivity index (χ2v) is 8.65. The van der Waals surface area contributed by atoms with Crippen LogP contribution in [0.25, 0.3) is 0 Å². The van der Waals surface area contributed by atoms with E-state index in [1.165, 1.54) is 0 Å². The molecule has 0 aromatic rings. The Morgan fingerprint density at radius 3 is 2.60 bits per heavy atom. The molecule has 1 heterocycles. The fraction of sp³-hybridized carbons (Fsp3) is 1.00. The van der Waals surface area contributed by atoms with Gasteiger partial charge in [0, 0.05) is 17.6 Å². The molecule has 0 spiro atoms. The average Bonchev–Trinajstić information content (AvgIpc) is 2.75. The number of hydrogen-bond donors (Lipinski definition) is 2. The maximum atomic E-state index is 11.6. The Balaban J connectivity index is 2.58. The highest BCUT2D eigenvalue weighted by Crippen LogP contribution is 2.22. The second kappa shape index (κ2) is 7.20. The average molecular weight is 306 g/mol. The van der Waals surface area contributed by atoms with Crippen LogP contribution in [0.5, 0.6) is 0 Å². The molecule has 0 aromatic carbocycles. The Bertz CT molecular complexity index is 399. The highest BCUT2D eigenvalue weighted by atomic mass is 32.2. The molecule has 3 unspecified atom stereocenters. The Morgan fingerprint density at radius 2 is 2.15 bits per heavy atom. The molecular weight excluding hydrogens is 276 g/mol. The van der Waals surface area contributed by atoms with Crippen molar-refractivity contribution in [2.75, 3.05) is 31.7 Å². The number of sulfone groups is 1. The lowest BCUT2D eigenvalue weighted by molar-refractivity contribution is 0.111. The number of rotatable bonds is 8. The first kappa shape index (κ1) is 17.9. The van der Waals surface area contributed by atoms with Crippen LogP contribution >= 0.6 is 0 Å². The Labute approximate surface area is 123 Å². The first-order chi connectivity index (χ1) is 9.23. The minimum Gasteiger partial charge on any atom is -0.394 e. The first-order valence-corrected chi connectivity index (χ1v) is 9.33. The van der Waals surface area contributed by atoms with E-state index in [9.17, 15) is 13.5 Å². The minimum absolute atomic E-state index is 0.0914. The number of aliphatic hydroxyl groups is 1. The van der Waals surface area contributed by atoms with Gasteiger partial charge in [0.15, 0.2) is 9.84 Å². The standard InChI is InChI=1S/C14H30N2O3S/c1-5-7-15-14(3,11-17)9-12(2)16(4)13-6-8-20(18,19)10-13/h12-13,15,17H,5-11H2,1-4H3. The molecule has 0 saturated carbocycles. The van der Waals surface area contributed by atoms with Gasteiger partial charge in [-0.15, -0.1) is 0 Å². The van der Waals surface area contributed by atoms with Crippen molar-refractivity contribution in [2.24, 2.45) is 0 Å². The molecule has 1 fully saturated rings. The SMILES string of the molecule is CCCNC(C)(CO)CC(C)N(C)C1CCS(=O)(=O)C1. The number of nitrogens with zero attached hydrogens (tertiary/aromatic N) is 1. The molecule has 1 aliphatic rings. The van der Waals surface area contributed by atoms with Crippen LogP contribution < -0.4 is 5.32 Å². The third-order valence-corrected chi connectivity index (χ3v) is 6.13. The maximum absolute atomic E-state index is 11.6. The van der Waals surface area contributed by atoms with Crippen molar-refractivity contribution in [2.45, 2.75) is 57.7 Å². The number of nitrogens with one attached hydrogen (secondary N) is 1. The van der Waals surface area contributed by atoms with Crippen molar-refractivity contribution in [1.82, 2.24) is 10.2 Å². The van der Waals surface area contributed by atoms with Gasteiger partial charge < -0.3 is 10.4 Å². The third-order valence-electron chi connectivity index (χ3n) is 4.38. The van der Waals surface area contributed by atoms with E-state index >= 15 is 0 Å². The van der Waals surface area contributed by atoms with Crippen LogP contribution in [0, 0.1) is 0 Å². The van der Waals surface area contributed by atoms with Gasteiger partial charge in [-0.25, -0.2) is 8.42 Å². The van der Waals surface area contributed by atoms with Crippen LogP contribution in [0.2, 0.25) is 0 Å². The molecule has 120 valence electrons. The van der Waals surface area contributed by atoms with Crippen molar-refractivity contribution in [3.8, 4) is 0 Å². The van der Waals surface area contributed by atoms with E-state index < -0.39 is 9.84 Å². The van der Waals surface area contributed by atoms with E-state index in [0.29, 0.717) is 5.75 Å². The van der Waals surface area contributed by atoms with E-state index in [0.717, 1.165) is 25.8 Å². The fourth-order valence-electron chi connectivity index (χ4n) is 2.87. The van der Waals surface area contributed by atoms with Crippen LogP contribution in [-0.2, 0) is 9.84 Å². The van der Waals surface area contributed by atoms with E-state index in [2.05, 4.69) is 24.1 Å². The second-order valence-electron chi connectivity index (χ2n) is 6.42. The summed E-state index contributed by atoms with van der Waals surface area (Å²) in [4.78, 5) is 2.16. The molecule has 6 heteroatoms. The van der Waals surface area contributed by atoms with Crippen molar-refractivity contribution in [3.63, 3.8) is 0 Å². The highest BCUT2D eigenvalue weighted by Gasteiger charge is 2.34. The van der Waals surface area contributed by atoms with Crippen molar-refractivity contribution in [3.05, 3.63) is 0 Å². The normalized spacial score (nSPS) is 26.6. The zero-order chi connectivity index (χ0) is 15.4. The predicted octanol–water partition coefficient (Wildman–Crippen LogP) is 0.635. The summed E-state index contributed by atoms with van der Waals surface area (Å²) in [5.41, 5.74) is -0.304. The van der Waals surface area contributed by atoms with Crippen LogP contribution in [0.15, 0.2) is 0 Å². The van der Waals surface area contributed by atoms with Gasteiger partial charge in [-0.1, -0.05) is 6.92 Å². The Morgan fingerprint density at radius 1 is 1.50 bits per heavy atom. The third kappa shape index (κ3) is 4.98. The summed E-state index contributed by atoms with van der Waals surface area (Å²) < 4.78 is 23.1. The molecule has 0 bridgehead atoms. The van der Waals surface area contributed by atoms with Crippen LogP contribution in [-0.4, -0.2) is 67.8 Å². The van der Waals surface area contributed by atoms with Crippen molar-refractivity contribution < 1.29 is 13.5 Å². The Hall–Kier alpha value is -0.170. The van der Waals surface area contributed by atoms with E-state index in [-0.39, 0.29) is 30.0 Å². The minimum atomic E-state index is -2.84. The van der Waals surface area contributed by atoms with Crippen LogP contribution in [0.4, 0.5) is 0 Å². The van der Waals surface area contributed by atoms with E-state index in [1.54, 1.807) is 0 Å². The van der Waals surface area contributed by atoms with Crippen molar-refractivity contribution >= 4 is 9.84 Å². The lowest BCUT2D eigenvalue weighted by atomic mass is 9.93. The monoisotopic (exact) mass is 306 g/mol. The summed E-state index contributed by atoms with van der Waals surface area (Å²) in [5, 5.41) is 13.0. The molecule has 5 nitrogen and oxygen atoms in total. The van der Waals surface area contributed by atoms with Crippen molar-refractivity contribution in [1.29, 1.82) is 0 Å². The summed E-state index contributed by atoms with van der Waals surface area (Å²) in [6.45, 7) is 7.20. The van der Waals surface area contributed by atoms with Gasteiger partial charge in [-0.3, -0.25) is 4.90 Å². The molecule has 20 heavy (non-hydrogen) atoms. The van der Waals surface area contributed by atoms with Gasteiger partial charge in [-0.2, -0.15) is 0 Å². The van der Waals surface area contributed by atoms with Crippen LogP contribution in [0.1, 0.15) is 40.0 Å². The smallest absolute Gasteiger partial charge is 0.151 e. The molecule has 0 aromatic heterocycles. The number of aliphatic hydroxyl groups excluding tert-OH is 1. The largest absolute Gasteiger partial charge is 0.394 e. The van der Waals surface area contributed by atoms with Gasteiger partial charge in [0.05, 0.1) is 18.1 Å². The summed E-state index contributed by atoms with van der Waals surface area (Å²) in [6.07, 6.45) is 2.55. The van der Waals surface area contributed by atoms with Gasteiger partial charge in [0.2, 0.25) is 0 Å². The zero-order valence-corrected chi connectivity index (χ0v) is 14.0. The predicted molar refractivity (Wildman–Crippen MR) is 82.7 cm³/mol. The summed E-state index contributed by atoms with van der Waals surface area (Å²) in [7, 11) is -0.850. The highest BCUT2D eigenvalue weighted by molar-refractivity contribution is 7.91.